The summed E-state index contributed by atoms with van der Waals surface area (Å²) in [6.45, 7) is 0. The summed E-state index contributed by atoms with van der Waals surface area (Å²) >= 11 is 5.85. The summed E-state index contributed by atoms with van der Waals surface area (Å²) in [6, 6.07) is 11.2. The van der Waals surface area contributed by atoms with Crippen molar-refractivity contribution in [3.8, 4) is 0 Å². The lowest BCUT2D eigenvalue weighted by Crippen LogP contribution is -2.33. The molecule has 0 bridgehead atoms. The Kier molecular flexibility index (Phi) is 3.89. The van der Waals surface area contributed by atoms with E-state index < -0.39 is 0 Å². The highest BCUT2D eigenvalue weighted by molar-refractivity contribution is 6.29. The van der Waals surface area contributed by atoms with Crippen LogP contribution in [0.15, 0.2) is 41.2 Å². The van der Waals surface area contributed by atoms with Crippen LogP contribution in [0.5, 0.6) is 0 Å². The number of nitrogens with one attached hydrogen (secondary N) is 3. The topological polar surface area (TPSA) is 90.5 Å². The first kappa shape index (κ1) is 14.3. The number of hydrogen-bond acceptors (Lipinski definition) is 2. The zero-order valence-corrected chi connectivity index (χ0v) is 12.4. The van der Waals surface area contributed by atoms with Gasteiger partial charge in [0.05, 0.1) is 10.6 Å². The third kappa shape index (κ3) is 3.15. The fourth-order valence-electron chi connectivity index (χ4n) is 2.18. The second-order valence-corrected chi connectivity index (χ2v) is 5.37. The number of hydrogen-bond donors (Lipinski definition) is 4. The molecule has 0 fully saturated rings. The molecule has 3 rings (SSSR count). The van der Waals surface area contributed by atoms with Crippen molar-refractivity contribution >= 4 is 29.4 Å². The molecular weight excluding hydrogens is 300 g/mol. The first-order chi connectivity index (χ1) is 10.6. The molecule has 6 heteroatoms. The number of halogens is 1. The first-order valence-corrected chi connectivity index (χ1v) is 7.17. The van der Waals surface area contributed by atoms with Gasteiger partial charge in [-0.2, -0.15) is 0 Å². The maximum atomic E-state index is 11.9. The largest absolute Gasteiger partial charge is 0.399 e. The monoisotopic (exact) mass is 314 g/mol. The van der Waals surface area contributed by atoms with Crippen LogP contribution in [-0.2, 0) is 6.42 Å². The average Bonchev–Trinajstić information content (AvgIpc) is 3.06. The number of H-pyrrole nitrogens is 3. The van der Waals surface area contributed by atoms with Crippen molar-refractivity contribution in [3.63, 3.8) is 0 Å². The predicted octanol–water partition coefficient (Wildman–Crippen LogP) is 1.12. The van der Waals surface area contributed by atoms with E-state index in [9.17, 15) is 4.79 Å². The maximum Gasteiger partial charge on any atom is 0.271 e. The number of rotatable bonds is 3. The molecule has 0 atom stereocenters. The summed E-state index contributed by atoms with van der Waals surface area (Å²) in [6.07, 6.45) is 4.41. The minimum atomic E-state index is -0.172. The van der Waals surface area contributed by atoms with E-state index in [-0.39, 0.29) is 5.56 Å². The molecule has 0 aliphatic carbocycles. The van der Waals surface area contributed by atoms with E-state index >= 15 is 0 Å². The molecule has 5 N–H and O–H groups in total. The Bertz CT molecular complexity index is 947. The van der Waals surface area contributed by atoms with Crippen molar-refractivity contribution in [2.24, 2.45) is 0 Å². The number of benzene rings is 1. The molecule has 0 unspecified atom stereocenters. The minimum absolute atomic E-state index is 0.172. The zero-order chi connectivity index (χ0) is 15.5. The highest BCUT2D eigenvalue weighted by Gasteiger charge is 1.98. The van der Waals surface area contributed by atoms with E-state index in [4.69, 9.17) is 17.3 Å². The molecule has 0 aliphatic rings. The molecule has 1 aromatic carbocycles. The van der Waals surface area contributed by atoms with Crippen molar-refractivity contribution in [1.29, 1.82) is 0 Å². The molecular formula is C16H15ClN4O. The van der Waals surface area contributed by atoms with Crippen LogP contribution in [0.25, 0.3) is 12.2 Å². The summed E-state index contributed by atoms with van der Waals surface area (Å²) in [7, 11) is 0. The molecule has 0 radical (unpaired) electrons. The van der Waals surface area contributed by atoms with Crippen LogP contribution in [0.2, 0.25) is 5.15 Å². The molecule has 5 nitrogen and oxygen atoms in total. The molecule has 0 spiro atoms. The summed E-state index contributed by atoms with van der Waals surface area (Å²) in [4.78, 5) is 14.9. The molecule has 0 aliphatic heterocycles. The predicted molar refractivity (Wildman–Crippen MR) is 89.1 cm³/mol. The Morgan fingerprint density at radius 3 is 2.55 bits per heavy atom. The van der Waals surface area contributed by atoms with Crippen LogP contribution >= 0.6 is 11.6 Å². The Morgan fingerprint density at radius 2 is 1.86 bits per heavy atom. The summed E-state index contributed by atoms with van der Waals surface area (Å²) < 4.78 is 0. The number of nitrogens with two attached hydrogens (primary N) is 1. The normalized spacial score (nSPS) is 13.0. The second kappa shape index (κ2) is 5.99. The molecule has 112 valence electrons. The average molecular weight is 315 g/mol. The van der Waals surface area contributed by atoms with Gasteiger partial charge < -0.3 is 10.7 Å². The molecule has 3 aromatic rings. The quantitative estimate of drug-likeness (QED) is 0.546. The van der Waals surface area contributed by atoms with Gasteiger partial charge in [-0.25, -0.2) is 0 Å². The van der Waals surface area contributed by atoms with Crippen molar-refractivity contribution < 1.29 is 0 Å². The van der Waals surface area contributed by atoms with Gasteiger partial charge in [-0.15, -0.1) is 0 Å². The van der Waals surface area contributed by atoms with E-state index in [0.29, 0.717) is 16.8 Å². The van der Waals surface area contributed by atoms with E-state index in [1.54, 1.807) is 12.1 Å². The lowest BCUT2D eigenvalue weighted by molar-refractivity contribution is 1.03. The Hall–Kier alpha value is -2.66. The molecule has 2 heterocycles. The molecule has 22 heavy (non-hydrogen) atoms. The van der Waals surface area contributed by atoms with Crippen molar-refractivity contribution in [2.75, 3.05) is 5.73 Å². The van der Waals surface area contributed by atoms with Crippen LogP contribution in [0.4, 0.5) is 5.69 Å². The van der Waals surface area contributed by atoms with E-state index in [1.807, 2.05) is 36.4 Å². The van der Waals surface area contributed by atoms with Crippen LogP contribution in [-0.4, -0.2) is 15.2 Å². The molecule has 0 amide bonds. The third-order valence-corrected chi connectivity index (χ3v) is 3.56. The Morgan fingerprint density at radius 1 is 1.09 bits per heavy atom. The van der Waals surface area contributed by atoms with Gasteiger partial charge in [-0.1, -0.05) is 29.8 Å². The zero-order valence-electron chi connectivity index (χ0n) is 11.7. The van der Waals surface area contributed by atoms with Gasteiger partial charge in [-0.3, -0.25) is 15.0 Å². The van der Waals surface area contributed by atoms with E-state index in [2.05, 4.69) is 15.2 Å². The standard InChI is InChI=1S/C16H15ClN4O/c17-15-8-6-12(19-15)9-13-14(20-21-16(13)22)7-3-10-1-4-11(18)5-2-10/h1-2,4-9,19-20H,3,18H2,(H,21,22). The lowest BCUT2D eigenvalue weighted by Gasteiger charge is -1.96. The highest BCUT2D eigenvalue weighted by Crippen LogP contribution is 2.07. The van der Waals surface area contributed by atoms with Crippen molar-refractivity contribution in [2.45, 2.75) is 6.42 Å². The Labute approximate surface area is 131 Å². The SMILES string of the molecule is Nc1ccc(CC=c2[nH][nH]c(=O)c2=Cc2ccc(Cl)[nH]2)cc1. The van der Waals surface area contributed by atoms with Gasteiger partial charge in [0.2, 0.25) is 0 Å². The third-order valence-electron chi connectivity index (χ3n) is 3.34. The van der Waals surface area contributed by atoms with Crippen molar-refractivity contribution in [1.82, 2.24) is 15.2 Å². The maximum absolute atomic E-state index is 11.9. The summed E-state index contributed by atoms with van der Waals surface area (Å²) in [5.41, 5.74) is 8.12. The number of aromatic amines is 3. The van der Waals surface area contributed by atoms with Gasteiger partial charge in [-0.05, 0) is 42.3 Å². The van der Waals surface area contributed by atoms with Gasteiger partial charge in [0.1, 0.15) is 5.15 Å². The second-order valence-electron chi connectivity index (χ2n) is 4.96. The molecule has 0 saturated heterocycles. The summed E-state index contributed by atoms with van der Waals surface area (Å²) in [5, 5.41) is 7.33. The van der Waals surface area contributed by atoms with Crippen molar-refractivity contribution in [3.05, 3.63) is 73.7 Å². The Balaban J connectivity index is 1.98. The lowest BCUT2D eigenvalue weighted by atomic mass is 10.1. The van der Waals surface area contributed by atoms with Crippen LogP contribution in [0.1, 0.15) is 11.3 Å². The summed E-state index contributed by atoms with van der Waals surface area (Å²) in [5.74, 6) is 0. The fraction of sp³-hybridized carbons (Fsp3) is 0.0625. The van der Waals surface area contributed by atoms with Gasteiger partial charge in [0.25, 0.3) is 5.56 Å². The fourth-order valence-corrected chi connectivity index (χ4v) is 2.35. The van der Waals surface area contributed by atoms with Gasteiger partial charge in [0, 0.05) is 11.4 Å². The van der Waals surface area contributed by atoms with Crippen LogP contribution < -0.4 is 21.9 Å². The highest BCUT2D eigenvalue weighted by atomic mass is 35.5. The first-order valence-electron chi connectivity index (χ1n) is 6.79. The van der Waals surface area contributed by atoms with Crippen LogP contribution in [0, 0.1) is 0 Å². The van der Waals surface area contributed by atoms with Crippen LogP contribution in [0.3, 0.4) is 0 Å². The van der Waals surface area contributed by atoms with Gasteiger partial charge >= 0.3 is 0 Å². The van der Waals surface area contributed by atoms with Gasteiger partial charge in [0.15, 0.2) is 0 Å². The molecule has 2 aromatic heterocycles. The number of anilines is 1. The van der Waals surface area contributed by atoms with E-state index in [1.165, 1.54) is 0 Å². The number of nitrogen functional groups attached to an aromatic ring is 1. The van der Waals surface area contributed by atoms with E-state index in [0.717, 1.165) is 22.3 Å². The molecule has 0 saturated carbocycles. The smallest absolute Gasteiger partial charge is 0.271 e. The number of aromatic nitrogens is 3. The minimum Gasteiger partial charge on any atom is -0.399 e.